The monoisotopic (exact) mass is 382 g/mol. The molecule has 0 saturated heterocycles. The number of benzene rings is 2. The molecule has 1 heterocycles. The van der Waals surface area contributed by atoms with Gasteiger partial charge in [0.05, 0.1) is 20.3 Å². The molecule has 2 aromatic carbocycles. The third-order valence-corrected chi connectivity index (χ3v) is 5.22. The topological polar surface area (TPSA) is 67.9 Å². The van der Waals surface area contributed by atoms with E-state index in [1.165, 1.54) is 0 Å². The van der Waals surface area contributed by atoms with Crippen molar-refractivity contribution < 1.29 is 19.1 Å². The van der Waals surface area contributed by atoms with E-state index in [9.17, 15) is 9.59 Å². The smallest absolute Gasteiger partial charge is 0.251 e. The molecule has 1 aliphatic heterocycles. The summed E-state index contributed by atoms with van der Waals surface area (Å²) in [5, 5.41) is 2.80. The van der Waals surface area contributed by atoms with E-state index in [2.05, 4.69) is 5.32 Å². The molecule has 6 heteroatoms. The van der Waals surface area contributed by atoms with Crippen molar-refractivity contribution >= 4 is 11.8 Å². The average molecular weight is 382 g/mol. The number of rotatable bonds is 5. The zero-order valence-electron chi connectivity index (χ0n) is 16.7. The van der Waals surface area contributed by atoms with Crippen LogP contribution in [0.25, 0.3) is 0 Å². The van der Waals surface area contributed by atoms with Crippen molar-refractivity contribution in [2.75, 3.05) is 20.8 Å². The highest BCUT2D eigenvalue weighted by Gasteiger charge is 2.32. The molecule has 1 aliphatic rings. The predicted molar refractivity (Wildman–Crippen MR) is 107 cm³/mol. The Kier molecular flexibility index (Phi) is 5.87. The lowest BCUT2D eigenvalue weighted by Crippen LogP contribution is -2.49. The molecular formula is C22H26N2O4. The number of fused-ring (bicyclic) bond motifs is 1. The Hall–Kier alpha value is -3.02. The van der Waals surface area contributed by atoms with Gasteiger partial charge in [-0.2, -0.15) is 0 Å². The molecule has 0 fully saturated rings. The normalized spacial score (nSPS) is 16.7. The van der Waals surface area contributed by atoms with E-state index in [0.29, 0.717) is 23.6 Å². The lowest BCUT2D eigenvalue weighted by Gasteiger charge is -2.37. The molecule has 28 heavy (non-hydrogen) atoms. The summed E-state index contributed by atoms with van der Waals surface area (Å²) in [7, 11) is 3.21. The van der Waals surface area contributed by atoms with Crippen molar-refractivity contribution in [3.05, 3.63) is 59.2 Å². The van der Waals surface area contributed by atoms with Crippen LogP contribution in [0.15, 0.2) is 42.5 Å². The molecule has 0 unspecified atom stereocenters. The van der Waals surface area contributed by atoms with E-state index in [1.807, 2.05) is 30.0 Å². The van der Waals surface area contributed by atoms with Crippen molar-refractivity contribution in [3.8, 4) is 11.5 Å². The maximum Gasteiger partial charge on any atom is 0.251 e. The number of hydrogen-bond donors (Lipinski definition) is 1. The minimum Gasteiger partial charge on any atom is -0.493 e. The Bertz CT molecular complexity index is 866. The van der Waals surface area contributed by atoms with Crippen molar-refractivity contribution in [1.82, 2.24) is 10.2 Å². The van der Waals surface area contributed by atoms with Gasteiger partial charge in [-0.3, -0.25) is 9.59 Å². The summed E-state index contributed by atoms with van der Waals surface area (Å²) < 4.78 is 10.8. The molecule has 3 rings (SSSR count). The lowest BCUT2D eigenvalue weighted by atomic mass is 9.92. The van der Waals surface area contributed by atoms with Gasteiger partial charge in [0.15, 0.2) is 11.5 Å². The van der Waals surface area contributed by atoms with Crippen LogP contribution >= 0.6 is 0 Å². The highest BCUT2D eigenvalue weighted by atomic mass is 16.5. The molecule has 2 atom stereocenters. The second-order valence-corrected chi connectivity index (χ2v) is 6.92. The second kappa shape index (κ2) is 8.33. The van der Waals surface area contributed by atoms with Crippen LogP contribution < -0.4 is 14.8 Å². The average Bonchev–Trinajstić information content (AvgIpc) is 2.73. The Morgan fingerprint density at radius 2 is 1.75 bits per heavy atom. The van der Waals surface area contributed by atoms with Crippen molar-refractivity contribution in [2.45, 2.75) is 32.4 Å². The van der Waals surface area contributed by atoms with Gasteiger partial charge in [0.2, 0.25) is 5.91 Å². The maximum absolute atomic E-state index is 13.0. The standard InChI is InChI=1S/C22H26N2O4/c1-14(23-21(25)16-8-6-5-7-9-16)22(26)24-11-10-17-12-19(27-3)20(28-4)13-18(17)15(24)2/h5-9,12-15H,10-11H2,1-4H3,(H,23,25)/t14-,15+/m1/s1. The summed E-state index contributed by atoms with van der Waals surface area (Å²) in [5.41, 5.74) is 2.73. The number of nitrogens with zero attached hydrogens (tertiary/aromatic N) is 1. The molecule has 0 bridgehead atoms. The highest BCUT2D eigenvalue weighted by molar-refractivity contribution is 5.97. The molecule has 1 N–H and O–H groups in total. The number of methoxy groups -OCH3 is 2. The summed E-state index contributed by atoms with van der Waals surface area (Å²) in [6, 6.07) is 12.1. The number of carbonyl (C=O) groups excluding carboxylic acids is 2. The van der Waals surface area contributed by atoms with Crippen LogP contribution in [0.2, 0.25) is 0 Å². The quantitative estimate of drug-likeness (QED) is 0.863. The van der Waals surface area contributed by atoms with Gasteiger partial charge in [-0.05, 0) is 55.7 Å². The van der Waals surface area contributed by atoms with E-state index >= 15 is 0 Å². The summed E-state index contributed by atoms with van der Waals surface area (Å²) in [6.07, 6.45) is 0.727. The molecular weight excluding hydrogens is 356 g/mol. The van der Waals surface area contributed by atoms with E-state index in [1.54, 1.807) is 45.4 Å². The molecule has 0 radical (unpaired) electrons. The van der Waals surface area contributed by atoms with Crippen LogP contribution in [0.3, 0.4) is 0 Å². The first kappa shape index (κ1) is 19.7. The van der Waals surface area contributed by atoms with Crippen LogP contribution in [0.1, 0.15) is 41.4 Å². The molecule has 2 amide bonds. The fourth-order valence-electron chi connectivity index (χ4n) is 3.63. The first-order valence-corrected chi connectivity index (χ1v) is 9.37. The number of hydrogen-bond acceptors (Lipinski definition) is 4. The predicted octanol–water partition coefficient (Wildman–Crippen LogP) is 2.97. The SMILES string of the molecule is COc1cc2c(cc1OC)[C@H](C)N(C(=O)[C@@H](C)NC(=O)c1ccccc1)CC2. The van der Waals surface area contributed by atoms with E-state index in [-0.39, 0.29) is 17.9 Å². The molecule has 0 aromatic heterocycles. The Morgan fingerprint density at radius 1 is 1.11 bits per heavy atom. The third-order valence-electron chi connectivity index (χ3n) is 5.22. The van der Waals surface area contributed by atoms with Crippen molar-refractivity contribution in [2.24, 2.45) is 0 Å². The van der Waals surface area contributed by atoms with Gasteiger partial charge in [-0.25, -0.2) is 0 Å². The van der Waals surface area contributed by atoms with Gasteiger partial charge in [-0.15, -0.1) is 0 Å². The summed E-state index contributed by atoms with van der Waals surface area (Å²) in [4.78, 5) is 27.2. The van der Waals surface area contributed by atoms with Gasteiger partial charge < -0.3 is 19.7 Å². The molecule has 0 aliphatic carbocycles. The molecule has 148 valence electrons. The zero-order chi connectivity index (χ0) is 20.3. The van der Waals surface area contributed by atoms with Crippen LogP contribution in [-0.4, -0.2) is 43.5 Å². The largest absolute Gasteiger partial charge is 0.493 e. The van der Waals surface area contributed by atoms with Gasteiger partial charge >= 0.3 is 0 Å². The van der Waals surface area contributed by atoms with Gasteiger partial charge in [0.1, 0.15) is 6.04 Å². The van der Waals surface area contributed by atoms with Gasteiger partial charge in [0, 0.05) is 12.1 Å². The number of amides is 2. The highest BCUT2D eigenvalue weighted by Crippen LogP contribution is 2.38. The van der Waals surface area contributed by atoms with Gasteiger partial charge in [-0.1, -0.05) is 18.2 Å². The Labute approximate surface area is 165 Å². The molecule has 0 spiro atoms. The minimum atomic E-state index is -0.614. The first-order valence-electron chi connectivity index (χ1n) is 9.37. The first-order chi connectivity index (χ1) is 13.5. The number of ether oxygens (including phenoxy) is 2. The fourth-order valence-corrected chi connectivity index (χ4v) is 3.63. The molecule has 6 nitrogen and oxygen atoms in total. The van der Waals surface area contributed by atoms with Crippen LogP contribution in [-0.2, 0) is 11.2 Å². The van der Waals surface area contributed by atoms with Crippen LogP contribution in [0.5, 0.6) is 11.5 Å². The fraction of sp³-hybridized carbons (Fsp3) is 0.364. The van der Waals surface area contributed by atoms with Crippen LogP contribution in [0, 0.1) is 0 Å². The second-order valence-electron chi connectivity index (χ2n) is 6.92. The van der Waals surface area contributed by atoms with E-state index in [0.717, 1.165) is 17.5 Å². The van der Waals surface area contributed by atoms with E-state index < -0.39 is 6.04 Å². The van der Waals surface area contributed by atoms with Crippen molar-refractivity contribution in [3.63, 3.8) is 0 Å². The zero-order valence-corrected chi connectivity index (χ0v) is 16.7. The Balaban J connectivity index is 1.75. The summed E-state index contributed by atoms with van der Waals surface area (Å²) in [6.45, 7) is 4.31. The minimum absolute atomic E-state index is 0.0998. The number of carbonyl (C=O) groups is 2. The summed E-state index contributed by atoms with van der Waals surface area (Å²) in [5.74, 6) is 0.986. The third kappa shape index (κ3) is 3.81. The summed E-state index contributed by atoms with van der Waals surface area (Å²) >= 11 is 0. The van der Waals surface area contributed by atoms with Crippen molar-refractivity contribution in [1.29, 1.82) is 0 Å². The van der Waals surface area contributed by atoms with Gasteiger partial charge in [0.25, 0.3) is 5.91 Å². The maximum atomic E-state index is 13.0. The lowest BCUT2D eigenvalue weighted by molar-refractivity contribution is -0.135. The van der Waals surface area contributed by atoms with E-state index in [4.69, 9.17) is 9.47 Å². The Morgan fingerprint density at radius 3 is 2.39 bits per heavy atom. The molecule has 2 aromatic rings. The molecule has 0 saturated carbocycles. The van der Waals surface area contributed by atoms with Crippen LogP contribution in [0.4, 0.5) is 0 Å². The number of nitrogens with one attached hydrogen (secondary N) is 1.